The number of hydrogen-bond acceptors (Lipinski definition) is 3. The van der Waals surface area contributed by atoms with Gasteiger partial charge in [0.1, 0.15) is 17.7 Å². The molecule has 4 heteroatoms. The highest BCUT2D eigenvalue weighted by atomic mass is 19.1. The maximum absolute atomic E-state index is 14.0. The molecule has 0 aliphatic carbocycles. The van der Waals surface area contributed by atoms with Crippen LogP contribution in [0.4, 0.5) is 4.39 Å². The van der Waals surface area contributed by atoms with Crippen LogP contribution in [0.3, 0.4) is 0 Å². The molecule has 1 unspecified atom stereocenters. The maximum Gasteiger partial charge on any atom is 0.314 e. The Morgan fingerprint density at radius 1 is 0.686 bits per heavy atom. The van der Waals surface area contributed by atoms with Gasteiger partial charge < -0.3 is 9.47 Å². The van der Waals surface area contributed by atoms with E-state index in [1.54, 1.807) is 12.1 Å². The summed E-state index contributed by atoms with van der Waals surface area (Å²) in [5.74, 6) is 0.818. The number of rotatable bonds is 19. The normalized spacial score (nSPS) is 11.9. The standard InChI is InChI=1S/C31H45FO3/c1-3-5-7-9-10-11-12-14-24-34-29-20-16-26(17-21-29)27-18-22-30(23-19-27)35-31(33)25-28(32)15-13-8-6-4-2/h16-23,28H,3-15,24-25H2,1-2H3. The van der Waals surface area contributed by atoms with Gasteiger partial charge in [-0.1, -0.05) is 109 Å². The van der Waals surface area contributed by atoms with Crippen LogP contribution in [0.2, 0.25) is 0 Å². The Morgan fingerprint density at radius 2 is 1.17 bits per heavy atom. The third-order valence-electron chi connectivity index (χ3n) is 6.30. The lowest BCUT2D eigenvalue weighted by Crippen LogP contribution is -2.14. The van der Waals surface area contributed by atoms with Gasteiger partial charge >= 0.3 is 5.97 Å². The van der Waals surface area contributed by atoms with Gasteiger partial charge in [-0.3, -0.25) is 4.79 Å². The molecule has 0 N–H and O–H groups in total. The summed E-state index contributed by atoms with van der Waals surface area (Å²) in [5, 5.41) is 0. The number of halogens is 1. The first-order valence-corrected chi connectivity index (χ1v) is 13.8. The van der Waals surface area contributed by atoms with E-state index in [-0.39, 0.29) is 6.42 Å². The summed E-state index contributed by atoms with van der Waals surface area (Å²) in [7, 11) is 0. The van der Waals surface area contributed by atoms with Gasteiger partial charge in [0.2, 0.25) is 0 Å². The molecule has 0 fully saturated rings. The van der Waals surface area contributed by atoms with E-state index < -0.39 is 12.1 Å². The second-order valence-corrected chi connectivity index (χ2v) is 9.50. The molecule has 0 saturated carbocycles. The van der Waals surface area contributed by atoms with Gasteiger partial charge in [-0.2, -0.15) is 0 Å². The molecule has 0 heterocycles. The van der Waals surface area contributed by atoms with Crippen LogP contribution < -0.4 is 9.47 Å². The first-order chi connectivity index (χ1) is 17.1. The average Bonchev–Trinajstić information content (AvgIpc) is 2.86. The number of esters is 1. The molecular formula is C31H45FO3. The first-order valence-electron chi connectivity index (χ1n) is 13.8. The number of benzene rings is 2. The van der Waals surface area contributed by atoms with Crippen molar-refractivity contribution in [3.63, 3.8) is 0 Å². The largest absolute Gasteiger partial charge is 0.494 e. The number of carbonyl (C=O) groups is 1. The van der Waals surface area contributed by atoms with Crippen LogP contribution in [-0.2, 0) is 4.79 Å². The molecule has 0 aliphatic heterocycles. The van der Waals surface area contributed by atoms with E-state index in [1.807, 2.05) is 36.4 Å². The van der Waals surface area contributed by atoms with Crippen LogP contribution in [0.25, 0.3) is 11.1 Å². The van der Waals surface area contributed by atoms with Gasteiger partial charge in [-0.25, -0.2) is 4.39 Å². The van der Waals surface area contributed by atoms with Crippen molar-refractivity contribution in [2.45, 2.75) is 110 Å². The summed E-state index contributed by atoms with van der Waals surface area (Å²) in [4.78, 5) is 12.0. The molecule has 0 amide bonds. The predicted octanol–water partition coefficient (Wildman–Crippen LogP) is 9.48. The Bertz CT molecular complexity index is 801. The van der Waals surface area contributed by atoms with Crippen molar-refractivity contribution in [2.75, 3.05) is 6.61 Å². The molecule has 35 heavy (non-hydrogen) atoms. The molecule has 194 valence electrons. The molecule has 0 radical (unpaired) electrons. The Balaban J connectivity index is 1.67. The second-order valence-electron chi connectivity index (χ2n) is 9.50. The smallest absolute Gasteiger partial charge is 0.314 e. The van der Waals surface area contributed by atoms with E-state index in [9.17, 15) is 9.18 Å². The van der Waals surface area contributed by atoms with Crippen molar-refractivity contribution in [2.24, 2.45) is 0 Å². The lowest BCUT2D eigenvalue weighted by atomic mass is 10.1. The molecule has 0 aliphatic rings. The van der Waals surface area contributed by atoms with E-state index in [1.165, 1.54) is 44.9 Å². The molecule has 2 aromatic carbocycles. The van der Waals surface area contributed by atoms with Crippen molar-refractivity contribution in [1.82, 2.24) is 0 Å². The molecule has 0 aromatic heterocycles. The summed E-state index contributed by atoms with van der Waals surface area (Å²) in [5.41, 5.74) is 2.09. The average molecular weight is 485 g/mol. The van der Waals surface area contributed by atoms with Crippen LogP contribution >= 0.6 is 0 Å². The van der Waals surface area contributed by atoms with Crippen molar-refractivity contribution in [3.05, 3.63) is 48.5 Å². The highest BCUT2D eigenvalue weighted by Gasteiger charge is 2.14. The molecule has 1 atom stereocenters. The number of unbranched alkanes of at least 4 members (excludes halogenated alkanes) is 10. The lowest BCUT2D eigenvalue weighted by molar-refractivity contribution is -0.135. The Kier molecular flexibility index (Phi) is 14.8. The first kappa shape index (κ1) is 28.9. The summed E-state index contributed by atoms with van der Waals surface area (Å²) >= 11 is 0. The van der Waals surface area contributed by atoms with Crippen LogP contribution in [0.5, 0.6) is 11.5 Å². The Morgan fingerprint density at radius 3 is 1.74 bits per heavy atom. The van der Waals surface area contributed by atoms with E-state index in [2.05, 4.69) is 13.8 Å². The minimum atomic E-state index is -1.13. The molecule has 0 bridgehead atoms. The zero-order valence-electron chi connectivity index (χ0n) is 21.9. The van der Waals surface area contributed by atoms with E-state index in [0.29, 0.717) is 12.2 Å². The SMILES string of the molecule is CCCCCCCCCCOc1ccc(-c2ccc(OC(=O)CC(F)CCCCCC)cc2)cc1. The second kappa shape index (κ2) is 18.0. The van der Waals surface area contributed by atoms with Gasteiger partial charge in [0, 0.05) is 0 Å². The quantitative estimate of drug-likeness (QED) is 0.113. The number of hydrogen-bond donors (Lipinski definition) is 0. The molecule has 3 nitrogen and oxygen atoms in total. The lowest BCUT2D eigenvalue weighted by Gasteiger charge is -2.10. The van der Waals surface area contributed by atoms with E-state index in [0.717, 1.165) is 55.6 Å². The summed E-state index contributed by atoms with van der Waals surface area (Å²) in [6.45, 7) is 5.13. The molecule has 2 aromatic rings. The Hall–Kier alpha value is -2.36. The van der Waals surface area contributed by atoms with Crippen molar-refractivity contribution < 1.29 is 18.7 Å². The third-order valence-corrected chi connectivity index (χ3v) is 6.30. The molecule has 0 spiro atoms. The maximum atomic E-state index is 14.0. The Labute approximate surface area is 212 Å². The van der Waals surface area contributed by atoms with Crippen LogP contribution in [0.15, 0.2) is 48.5 Å². The van der Waals surface area contributed by atoms with Gasteiger partial charge in [0.05, 0.1) is 13.0 Å². The predicted molar refractivity (Wildman–Crippen MR) is 144 cm³/mol. The summed E-state index contributed by atoms with van der Waals surface area (Å²) in [6.07, 6.45) is 13.5. The van der Waals surface area contributed by atoms with Gasteiger partial charge in [-0.15, -0.1) is 0 Å². The van der Waals surface area contributed by atoms with Crippen molar-refractivity contribution in [3.8, 4) is 22.6 Å². The summed E-state index contributed by atoms with van der Waals surface area (Å²) < 4.78 is 25.2. The van der Waals surface area contributed by atoms with Crippen LogP contribution in [0.1, 0.15) is 104 Å². The minimum Gasteiger partial charge on any atom is -0.494 e. The highest BCUT2D eigenvalue weighted by Crippen LogP contribution is 2.25. The fraction of sp³-hybridized carbons (Fsp3) is 0.581. The fourth-order valence-electron chi connectivity index (χ4n) is 4.13. The van der Waals surface area contributed by atoms with Gasteiger partial charge in [-0.05, 0) is 48.2 Å². The third kappa shape index (κ3) is 12.8. The zero-order chi connectivity index (χ0) is 25.1. The van der Waals surface area contributed by atoms with Gasteiger partial charge in [0.15, 0.2) is 0 Å². The van der Waals surface area contributed by atoms with Crippen LogP contribution in [-0.4, -0.2) is 18.7 Å². The molecule has 2 rings (SSSR count). The fourth-order valence-corrected chi connectivity index (χ4v) is 4.13. The van der Waals surface area contributed by atoms with Crippen LogP contribution in [0, 0.1) is 0 Å². The zero-order valence-corrected chi connectivity index (χ0v) is 21.9. The highest BCUT2D eigenvalue weighted by molar-refractivity contribution is 5.73. The van der Waals surface area contributed by atoms with Gasteiger partial charge in [0.25, 0.3) is 0 Å². The number of carbonyl (C=O) groups excluding carboxylic acids is 1. The minimum absolute atomic E-state index is 0.186. The van der Waals surface area contributed by atoms with E-state index >= 15 is 0 Å². The topological polar surface area (TPSA) is 35.5 Å². The van der Waals surface area contributed by atoms with E-state index in [4.69, 9.17) is 9.47 Å². The summed E-state index contributed by atoms with van der Waals surface area (Å²) in [6, 6.07) is 15.4. The molecule has 0 saturated heterocycles. The molecular weight excluding hydrogens is 439 g/mol. The van der Waals surface area contributed by atoms with Crippen molar-refractivity contribution in [1.29, 1.82) is 0 Å². The number of ether oxygens (including phenoxy) is 2. The monoisotopic (exact) mass is 484 g/mol. The number of alkyl halides is 1. The van der Waals surface area contributed by atoms with Crippen molar-refractivity contribution >= 4 is 5.97 Å².